The van der Waals surface area contributed by atoms with Crippen molar-refractivity contribution >= 4 is 0 Å². The van der Waals surface area contributed by atoms with E-state index in [1.54, 1.807) is 0 Å². The fraction of sp³-hybridized carbons (Fsp3) is 0.176. The van der Waals surface area contributed by atoms with Gasteiger partial charge in [0.25, 0.3) is 0 Å². The second-order valence-electron chi connectivity index (χ2n) is 10.5. The van der Waals surface area contributed by atoms with Gasteiger partial charge in [-0.2, -0.15) is 0 Å². The third kappa shape index (κ3) is 3.74. The summed E-state index contributed by atoms with van der Waals surface area (Å²) in [5.74, 6) is 1.27. The monoisotopic (exact) mass is 466 g/mol. The molecule has 1 aliphatic carbocycles. The minimum absolute atomic E-state index is 0.0785. The molecule has 6 rings (SSSR count). The maximum Gasteiger partial charge on any atom is 0.160 e. The van der Waals surface area contributed by atoms with Crippen LogP contribution in [0.3, 0.4) is 0 Å². The fourth-order valence-corrected chi connectivity index (χ4v) is 5.34. The van der Waals surface area contributed by atoms with Gasteiger partial charge >= 0.3 is 0 Å². The van der Waals surface area contributed by atoms with Gasteiger partial charge in [-0.1, -0.05) is 119 Å². The Balaban J connectivity index is 1.51. The number of benzene rings is 4. The average molecular weight is 467 g/mol. The number of rotatable bonds is 4. The van der Waals surface area contributed by atoms with E-state index in [-0.39, 0.29) is 5.41 Å². The summed E-state index contributed by atoms with van der Waals surface area (Å²) >= 11 is 0. The molecule has 0 saturated heterocycles. The quantitative estimate of drug-likeness (QED) is 0.264. The highest BCUT2D eigenvalue weighted by Gasteiger charge is 2.36. The van der Waals surface area contributed by atoms with Gasteiger partial charge < -0.3 is 0 Å². The molecular weight excluding hydrogens is 436 g/mol. The van der Waals surface area contributed by atoms with Crippen LogP contribution in [0.25, 0.3) is 45.0 Å². The van der Waals surface area contributed by atoms with E-state index in [1.807, 2.05) is 12.1 Å². The van der Waals surface area contributed by atoms with Gasteiger partial charge in [0.2, 0.25) is 0 Å². The predicted octanol–water partition coefficient (Wildman–Crippen LogP) is 8.91. The average Bonchev–Trinajstić information content (AvgIpc) is 3.15. The van der Waals surface area contributed by atoms with E-state index in [1.165, 1.54) is 27.8 Å². The van der Waals surface area contributed by atoms with Crippen molar-refractivity contribution in [3.63, 3.8) is 0 Å². The molecule has 1 aliphatic rings. The summed E-state index contributed by atoms with van der Waals surface area (Å²) in [6.07, 6.45) is 0. The van der Waals surface area contributed by atoms with E-state index in [0.29, 0.717) is 5.92 Å². The Morgan fingerprint density at radius 1 is 0.556 bits per heavy atom. The van der Waals surface area contributed by atoms with Crippen molar-refractivity contribution in [2.75, 3.05) is 0 Å². The molecule has 2 heteroatoms. The highest BCUT2D eigenvalue weighted by atomic mass is 14.9. The van der Waals surface area contributed by atoms with Gasteiger partial charge in [-0.3, -0.25) is 0 Å². The molecule has 0 radical (unpaired) electrons. The Hall–Kier alpha value is -4.04. The predicted molar refractivity (Wildman–Crippen MR) is 150 cm³/mol. The third-order valence-electron chi connectivity index (χ3n) is 7.49. The molecule has 0 amide bonds. The summed E-state index contributed by atoms with van der Waals surface area (Å²) in [4.78, 5) is 10.1. The van der Waals surface area contributed by atoms with Crippen LogP contribution < -0.4 is 0 Å². The van der Waals surface area contributed by atoms with E-state index in [4.69, 9.17) is 9.97 Å². The zero-order chi connectivity index (χ0) is 24.9. The molecule has 2 nitrogen and oxygen atoms in total. The normalized spacial score (nSPS) is 13.5. The van der Waals surface area contributed by atoms with Crippen LogP contribution in [-0.2, 0) is 5.41 Å². The van der Waals surface area contributed by atoms with Crippen LogP contribution in [0.4, 0.5) is 0 Å². The number of fused-ring (bicyclic) bond motifs is 3. The van der Waals surface area contributed by atoms with E-state index in [9.17, 15) is 0 Å². The highest BCUT2D eigenvalue weighted by molar-refractivity contribution is 5.83. The molecule has 0 aliphatic heterocycles. The van der Waals surface area contributed by atoms with Crippen LogP contribution >= 0.6 is 0 Å². The molecule has 5 aromatic rings. The van der Waals surface area contributed by atoms with E-state index < -0.39 is 0 Å². The lowest BCUT2D eigenvalue weighted by Crippen LogP contribution is -2.15. The summed E-state index contributed by atoms with van der Waals surface area (Å²) in [5.41, 5.74) is 11.8. The number of hydrogen-bond donors (Lipinski definition) is 0. The van der Waals surface area contributed by atoms with E-state index >= 15 is 0 Å². The second-order valence-corrected chi connectivity index (χ2v) is 10.5. The van der Waals surface area contributed by atoms with E-state index in [2.05, 4.69) is 119 Å². The summed E-state index contributed by atoms with van der Waals surface area (Å²) in [7, 11) is 0. The van der Waals surface area contributed by atoms with Gasteiger partial charge in [-0.05, 0) is 45.9 Å². The molecule has 0 bridgehead atoms. The summed E-state index contributed by atoms with van der Waals surface area (Å²) in [6, 6.07) is 36.5. The van der Waals surface area contributed by atoms with Crippen LogP contribution in [-0.4, -0.2) is 9.97 Å². The molecule has 0 unspecified atom stereocenters. The number of nitrogens with zero attached hydrogens (tertiary/aromatic N) is 2. The lowest BCUT2D eigenvalue weighted by atomic mass is 9.81. The first-order valence-electron chi connectivity index (χ1n) is 12.7. The molecule has 36 heavy (non-hydrogen) atoms. The minimum Gasteiger partial charge on any atom is -0.228 e. The first-order chi connectivity index (χ1) is 17.4. The zero-order valence-electron chi connectivity index (χ0n) is 21.3. The molecule has 176 valence electrons. The smallest absolute Gasteiger partial charge is 0.160 e. The van der Waals surface area contributed by atoms with Crippen LogP contribution in [0, 0.1) is 0 Å². The third-order valence-corrected chi connectivity index (χ3v) is 7.49. The lowest BCUT2D eigenvalue weighted by Gasteiger charge is -2.23. The van der Waals surface area contributed by atoms with Crippen molar-refractivity contribution < 1.29 is 0 Å². The van der Waals surface area contributed by atoms with Crippen LogP contribution in [0.5, 0.6) is 0 Å². The van der Waals surface area contributed by atoms with Crippen molar-refractivity contribution in [1.82, 2.24) is 9.97 Å². The van der Waals surface area contributed by atoms with Crippen LogP contribution in [0.15, 0.2) is 103 Å². The summed E-state index contributed by atoms with van der Waals surface area (Å²) in [6.45, 7) is 9.19. The Bertz CT molecular complexity index is 1510. The van der Waals surface area contributed by atoms with Crippen molar-refractivity contribution in [3.8, 4) is 45.0 Å². The van der Waals surface area contributed by atoms with Gasteiger partial charge in [0.1, 0.15) is 0 Å². The highest BCUT2D eigenvalue weighted by Crippen LogP contribution is 2.50. The Morgan fingerprint density at radius 2 is 1.08 bits per heavy atom. The van der Waals surface area contributed by atoms with Gasteiger partial charge in [0.05, 0.1) is 11.4 Å². The standard InChI is InChI=1S/C34H30N2/c1-22(2)25-15-17-27-28-18-16-26(20-30(28)34(3,4)29(27)19-25)33-35-31(23-11-7-5-8-12-23)21-32(36-33)24-13-9-6-10-14-24/h5-22H,1-4H3. The number of aromatic nitrogens is 2. The first-order valence-corrected chi connectivity index (χ1v) is 12.7. The first kappa shape index (κ1) is 22.4. The van der Waals surface area contributed by atoms with Gasteiger partial charge in [-0.25, -0.2) is 9.97 Å². The molecular formula is C34H30N2. The van der Waals surface area contributed by atoms with Gasteiger partial charge in [0, 0.05) is 22.1 Å². The molecule has 4 aromatic carbocycles. The van der Waals surface area contributed by atoms with Crippen molar-refractivity contribution in [2.24, 2.45) is 0 Å². The molecule has 1 aromatic heterocycles. The minimum atomic E-state index is -0.0785. The maximum absolute atomic E-state index is 5.05. The summed E-state index contributed by atoms with van der Waals surface area (Å²) < 4.78 is 0. The maximum atomic E-state index is 5.05. The fourth-order valence-electron chi connectivity index (χ4n) is 5.34. The van der Waals surface area contributed by atoms with Crippen LogP contribution in [0.2, 0.25) is 0 Å². The molecule has 0 N–H and O–H groups in total. The molecule has 0 spiro atoms. The SMILES string of the molecule is CC(C)c1ccc2c(c1)C(C)(C)c1cc(-c3nc(-c4ccccc4)cc(-c4ccccc4)n3)ccc1-2. The Morgan fingerprint density at radius 3 is 1.64 bits per heavy atom. The Kier molecular flexibility index (Phi) is 5.34. The van der Waals surface area contributed by atoms with Gasteiger partial charge in [0.15, 0.2) is 5.82 Å². The van der Waals surface area contributed by atoms with Crippen LogP contribution in [0.1, 0.15) is 50.3 Å². The van der Waals surface area contributed by atoms with Gasteiger partial charge in [-0.15, -0.1) is 0 Å². The molecule has 0 fully saturated rings. The van der Waals surface area contributed by atoms with E-state index in [0.717, 1.165) is 33.9 Å². The second kappa shape index (κ2) is 8.57. The zero-order valence-corrected chi connectivity index (χ0v) is 21.3. The Labute approximate surface area is 213 Å². The molecule has 0 atom stereocenters. The largest absolute Gasteiger partial charge is 0.228 e. The summed E-state index contributed by atoms with van der Waals surface area (Å²) in [5, 5.41) is 0. The molecule has 1 heterocycles. The lowest BCUT2D eigenvalue weighted by molar-refractivity contribution is 0.658. The van der Waals surface area contributed by atoms with Crippen molar-refractivity contribution in [3.05, 3.63) is 120 Å². The topological polar surface area (TPSA) is 25.8 Å². The molecule has 0 saturated carbocycles. The number of hydrogen-bond acceptors (Lipinski definition) is 2. The van der Waals surface area contributed by atoms with Crippen molar-refractivity contribution in [2.45, 2.75) is 39.0 Å². The van der Waals surface area contributed by atoms with Crippen molar-refractivity contribution in [1.29, 1.82) is 0 Å².